The van der Waals surface area contributed by atoms with Crippen LogP contribution in [-0.4, -0.2) is 43.5 Å². The zero-order chi connectivity index (χ0) is 20.1. The van der Waals surface area contributed by atoms with Gasteiger partial charge in [-0.1, -0.05) is 29.8 Å². The van der Waals surface area contributed by atoms with Crippen molar-refractivity contribution in [2.24, 2.45) is 0 Å². The number of piperazine rings is 1. The number of halogens is 4. The molecular formula is C20H21ClF3N3O. The predicted octanol–water partition coefficient (Wildman–Crippen LogP) is 3.80. The van der Waals surface area contributed by atoms with Crippen LogP contribution in [0.1, 0.15) is 11.1 Å². The highest BCUT2D eigenvalue weighted by atomic mass is 35.5. The van der Waals surface area contributed by atoms with E-state index in [4.69, 9.17) is 11.6 Å². The molecule has 1 aliphatic rings. The molecule has 0 atom stereocenters. The Bertz CT molecular complexity index is 820. The van der Waals surface area contributed by atoms with Crippen molar-refractivity contribution in [2.75, 3.05) is 37.6 Å². The average Bonchev–Trinajstić information content (AvgIpc) is 2.66. The molecule has 1 saturated heterocycles. The molecule has 28 heavy (non-hydrogen) atoms. The van der Waals surface area contributed by atoms with Crippen molar-refractivity contribution in [3.05, 3.63) is 64.7 Å². The normalized spacial score (nSPS) is 15.5. The van der Waals surface area contributed by atoms with Gasteiger partial charge in [-0.3, -0.25) is 9.69 Å². The minimum Gasteiger partial charge on any atom is -0.369 e. The van der Waals surface area contributed by atoms with Gasteiger partial charge in [-0.2, -0.15) is 13.2 Å². The smallest absolute Gasteiger partial charge is 0.369 e. The number of nitrogens with zero attached hydrogens (tertiary/aromatic N) is 2. The Morgan fingerprint density at radius 3 is 2.43 bits per heavy atom. The molecule has 150 valence electrons. The van der Waals surface area contributed by atoms with Gasteiger partial charge < -0.3 is 10.2 Å². The van der Waals surface area contributed by atoms with E-state index in [2.05, 4.69) is 5.32 Å². The Labute approximate surface area is 166 Å². The van der Waals surface area contributed by atoms with Crippen molar-refractivity contribution in [2.45, 2.75) is 12.7 Å². The molecule has 2 aromatic carbocycles. The number of benzene rings is 2. The lowest BCUT2D eigenvalue weighted by Gasteiger charge is -2.36. The van der Waals surface area contributed by atoms with Gasteiger partial charge in [-0.25, -0.2) is 0 Å². The molecule has 0 aliphatic carbocycles. The van der Waals surface area contributed by atoms with E-state index < -0.39 is 11.7 Å². The third-order valence-electron chi connectivity index (χ3n) is 4.66. The number of hydrogen-bond donors (Lipinski definition) is 1. The summed E-state index contributed by atoms with van der Waals surface area (Å²) in [6.45, 7) is 3.04. The zero-order valence-electron chi connectivity index (χ0n) is 15.2. The van der Waals surface area contributed by atoms with Crippen molar-refractivity contribution >= 4 is 23.2 Å². The van der Waals surface area contributed by atoms with Crippen molar-refractivity contribution in [3.8, 4) is 0 Å². The van der Waals surface area contributed by atoms with Crippen molar-refractivity contribution in [1.29, 1.82) is 0 Å². The largest absolute Gasteiger partial charge is 0.416 e. The molecule has 0 radical (unpaired) electrons. The third kappa shape index (κ3) is 5.62. The van der Waals surface area contributed by atoms with Gasteiger partial charge in [0.1, 0.15) is 0 Å². The molecule has 0 aromatic heterocycles. The second-order valence-corrected chi connectivity index (χ2v) is 7.15. The lowest BCUT2D eigenvalue weighted by molar-refractivity contribution is -0.137. The van der Waals surface area contributed by atoms with Gasteiger partial charge in [0.15, 0.2) is 0 Å². The van der Waals surface area contributed by atoms with Crippen LogP contribution in [0, 0.1) is 0 Å². The van der Waals surface area contributed by atoms with E-state index in [1.807, 2.05) is 21.9 Å². The Morgan fingerprint density at radius 2 is 1.75 bits per heavy atom. The van der Waals surface area contributed by atoms with Crippen LogP contribution < -0.4 is 10.2 Å². The highest BCUT2D eigenvalue weighted by Gasteiger charge is 2.31. The maximum absolute atomic E-state index is 12.9. The number of carbonyl (C=O) groups excluding carboxylic acids is 1. The first-order chi connectivity index (χ1) is 13.3. The monoisotopic (exact) mass is 411 g/mol. The second kappa shape index (κ2) is 8.84. The van der Waals surface area contributed by atoms with Gasteiger partial charge in [0.2, 0.25) is 5.91 Å². The maximum atomic E-state index is 12.9. The van der Waals surface area contributed by atoms with Gasteiger partial charge >= 0.3 is 6.18 Å². The number of hydrogen-bond acceptors (Lipinski definition) is 3. The lowest BCUT2D eigenvalue weighted by atomic mass is 10.1. The fraction of sp³-hybridized carbons (Fsp3) is 0.350. The van der Waals surface area contributed by atoms with Gasteiger partial charge in [0.25, 0.3) is 0 Å². The Hall–Kier alpha value is -2.25. The Kier molecular flexibility index (Phi) is 6.46. The summed E-state index contributed by atoms with van der Waals surface area (Å²) < 4.78 is 38.6. The van der Waals surface area contributed by atoms with Crippen molar-refractivity contribution < 1.29 is 18.0 Å². The minimum atomic E-state index is -4.35. The molecule has 4 nitrogen and oxygen atoms in total. The van der Waals surface area contributed by atoms with E-state index in [1.165, 1.54) is 12.1 Å². The van der Waals surface area contributed by atoms with Crippen LogP contribution in [0.5, 0.6) is 0 Å². The van der Waals surface area contributed by atoms with Gasteiger partial charge in [-0.05, 0) is 35.9 Å². The molecule has 0 spiro atoms. The first-order valence-corrected chi connectivity index (χ1v) is 9.35. The van der Waals surface area contributed by atoms with Crippen molar-refractivity contribution in [1.82, 2.24) is 10.2 Å². The Balaban J connectivity index is 1.47. The van der Waals surface area contributed by atoms with E-state index in [1.54, 1.807) is 18.2 Å². The number of nitrogens with one attached hydrogen (secondary N) is 1. The maximum Gasteiger partial charge on any atom is 0.416 e. The molecule has 8 heteroatoms. The Morgan fingerprint density at radius 1 is 1.04 bits per heavy atom. The first kappa shape index (κ1) is 20.5. The standard InChI is InChI=1S/C20H21ClF3N3O/c21-17-5-1-3-15(11-17)13-25-19(28)14-26-7-9-27(10-8-26)18-6-2-4-16(12-18)20(22,23)24/h1-6,11-12H,7-10,13-14H2,(H,25,28). The van der Waals surface area contributed by atoms with Crippen LogP contribution in [0.15, 0.2) is 48.5 Å². The topological polar surface area (TPSA) is 35.6 Å². The average molecular weight is 412 g/mol. The summed E-state index contributed by atoms with van der Waals surface area (Å²) in [5.41, 5.74) is 0.836. The molecule has 3 rings (SSSR count). The van der Waals surface area contributed by atoms with Crippen molar-refractivity contribution in [3.63, 3.8) is 0 Å². The third-order valence-corrected chi connectivity index (χ3v) is 4.89. The van der Waals surface area contributed by atoms with E-state index in [0.717, 1.165) is 11.6 Å². The summed E-state index contributed by atoms with van der Waals surface area (Å²) in [4.78, 5) is 16.1. The molecule has 2 aromatic rings. The van der Waals surface area contributed by atoms with Gasteiger partial charge in [-0.15, -0.1) is 0 Å². The summed E-state index contributed by atoms with van der Waals surface area (Å²) in [6, 6.07) is 12.6. The highest BCUT2D eigenvalue weighted by molar-refractivity contribution is 6.30. The first-order valence-electron chi connectivity index (χ1n) is 8.97. The molecule has 0 unspecified atom stereocenters. The number of anilines is 1. The number of alkyl halides is 3. The molecular weight excluding hydrogens is 391 g/mol. The van der Waals surface area contributed by atoms with Gasteiger partial charge in [0.05, 0.1) is 12.1 Å². The molecule has 1 fully saturated rings. The molecule has 1 amide bonds. The summed E-state index contributed by atoms with van der Waals surface area (Å²) in [5.74, 6) is -0.0903. The number of rotatable bonds is 5. The van der Waals surface area contributed by atoms with E-state index in [9.17, 15) is 18.0 Å². The summed E-state index contributed by atoms with van der Waals surface area (Å²) in [5, 5.41) is 3.49. The molecule has 0 saturated carbocycles. The van der Waals surface area contributed by atoms with E-state index in [-0.39, 0.29) is 12.5 Å². The number of amides is 1. The molecule has 1 N–H and O–H groups in total. The quantitative estimate of drug-likeness (QED) is 0.813. The van der Waals surface area contributed by atoms with Crippen LogP contribution in [0.4, 0.5) is 18.9 Å². The van der Waals surface area contributed by atoms with Crippen LogP contribution in [0.25, 0.3) is 0 Å². The molecule has 0 bridgehead atoms. The summed E-state index contributed by atoms with van der Waals surface area (Å²) in [6.07, 6.45) is -4.35. The molecule has 1 heterocycles. The van der Waals surface area contributed by atoms with Crippen LogP contribution in [0.2, 0.25) is 5.02 Å². The fourth-order valence-electron chi connectivity index (χ4n) is 3.15. The summed E-state index contributed by atoms with van der Waals surface area (Å²) >= 11 is 5.93. The predicted molar refractivity (Wildman–Crippen MR) is 103 cm³/mol. The SMILES string of the molecule is O=C(CN1CCN(c2cccc(C(F)(F)F)c2)CC1)NCc1cccc(Cl)c1. The van der Waals surface area contributed by atoms with Gasteiger partial charge in [0, 0.05) is 43.4 Å². The fourth-order valence-corrected chi connectivity index (χ4v) is 3.36. The highest BCUT2D eigenvalue weighted by Crippen LogP contribution is 2.31. The zero-order valence-corrected chi connectivity index (χ0v) is 15.9. The minimum absolute atomic E-state index is 0.0903. The second-order valence-electron chi connectivity index (χ2n) is 6.72. The lowest BCUT2D eigenvalue weighted by Crippen LogP contribution is -2.49. The summed E-state index contributed by atoms with van der Waals surface area (Å²) in [7, 11) is 0. The van der Waals surface area contributed by atoms with E-state index >= 15 is 0 Å². The number of carbonyl (C=O) groups is 1. The molecule has 1 aliphatic heterocycles. The van der Waals surface area contributed by atoms with E-state index in [0.29, 0.717) is 43.4 Å². The van der Waals surface area contributed by atoms with Crippen LogP contribution >= 0.6 is 11.6 Å². The van der Waals surface area contributed by atoms with Crippen LogP contribution in [0.3, 0.4) is 0 Å². The van der Waals surface area contributed by atoms with Crippen LogP contribution in [-0.2, 0) is 17.5 Å².